The summed E-state index contributed by atoms with van der Waals surface area (Å²) in [6.45, 7) is 0. The molecule has 0 aliphatic heterocycles. The van der Waals surface area contributed by atoms with Crippen molar-refractivity contribution >= 4 is 54.5 Å². The van der Waals surface area contributed by atoms with Crippen LogP contribution in [0.15, 0.2) is 162 Å². The molecular weight excluding hydrogens is 587 g/mol. The molecule has 226 valence electrons. The lowest BCUT2D eigenvalue weighted by Gasteiger charge is -2.17. The van der Waals surface area contributed by atoms with E-state index < -0.39 is 0 Å². The molecule has 4 nitrogen and oxygen atoms in total. The van der Waals surface area contributed by atoms with Gasteiger partial charge in [-0.05, 0) is 42.1 Å². The van der Waals surface area contributed by atoms with Gasteiger partial charge in [-0.15, -0.1) is 0 Å². The first-order valence-corrected chi connectivity index (χ1v) is 16.5. The normalized spacial score (nSPS) is 14.6. The Morgan fingerprint density at radius 3 is 2.23 bits per heavy atom. The summed E-state index contributed by atoms with van der Waals surface area (Å²) < 4.78 is 9.17. The molecule has 0 saturated carbocycles. The summed E-state index contributed by atoms with van der Waals surface area (Å²) >= 11 is 0. The number of nitrogens with zero attached hydrogens (tertiary/aromatic N) is 3. The van der Waals surface area contributed by atoms with Crippen molar-refractivity contribution in [3.05, 3.63) is 163 Å². The topological polar surface area (TPSA) is 43.9 Å². The van der Waals surface area contributed by atoms with E-state index in [1.54, 1.807) is 0 Å². The van der Waals surface area contributed by atoms with Crippen LogP contribution in [0.5, 0.6) is 0 Å². The maximum Gasteiger partial charge on any atom is 0.162 e. The second-order valence-electron chi connectivity index (χ2n) is 12.5. The van der Waals surface area contributed by atoms with E-state index in [0.29, 0.717) is 5.82 Å². The van der Waals surface area contributed by atoms with Gasteiger partial charge in [-0.3, -0.25) is 0 Å². The molecule has 0 saturated heterocycles. The van der Waals surface area contributed by atoms with Crippen LogP contribution < -0.4 is 0 Å². The van der Waals surface area contributed by atoms with Crippen LogP contribution >= 0.6 is 0 Å². The molecule has 3 heterocycles. The first kappa shape index (κ1) is 26.9. The minimum atomic E-state index is 0.164. The van der Waals surface area contributed by atoms with Gasteiger partial charge in [0.1, 0.15) is 11.2 Å². The first-order valence-electron chi connectivity index (χ1n) is 16.5. The van der Waals surface area contributed by atoms with E-state index in [0.717, 1.165) is 78.4 Å². The monoisotopic (exact) mass is 615 g/mol. The highest BCUT2D eigenvalue weighted by Crippen LogP contribution is 2.46. The van der Waals surface area contributed by atoms with Gasteiger partial charge in [0.05, 0.1) is 27.8 Å². The summed E-state index contributed by atoms with van der Waals surface area (Å²) in [6.07, 6.45) is 9.60. The third-order valence-electron chi connectivity index (χ3n) is 9.69. The van der Waals surface area contributed by atoms with Gasteiger partial charge in [-0.2, -0.15) is 0 Å². The average molecular weight is 616 g/mol. The number of para-hydroxylation sites is 2. The van der Waals surface area contributed by atoms with Gasteiger partial charge >= 0.3 is 0 Å². The number of rotatable bonds is 4. The van der Waals surface area contributed by atoms with Gasteiger partial charge in [-0.25, -0.2) is 9.97 Å². The van der Waals surface area contributed by atoms with Crippen LogP contribution in [-0.2, 0) is 0 Å². The maximum absolute atomic E-state index is 6.77. The molecule has 0 fully saturated rings. The smallest absolute Gasteiger partial charge is 0.162 e. The number of aromatic nitrogens is 3. The van der Waals surface area contributed by atoms with Crippen molar-refractivity contribution in [3.8, 4) is 28.3 Å². The summed E-state index contributed by atoms with van der Waals surface area (Å²) in [5.41, 5.74) is 8.97. The first-order chi connectivity index (χ1) is 23.8. The zero-order chi connectivity index (χ0) is 31.6. The highest BCUT2D eigenvalue weighted by molar-refractivity contribution is 6.30. The van der Waals surface area contributed by atoms with Crippen LogP contribution in [0.1, 0.15) is 18.0 Å². The van der Waals surface area contributed by atoms with Crippen LogP contribution in [0.2, 0.25) is 0 Å². The number of hydrogen-bond acceptors (Lipinski definition) is 3. The SMILES string of the molecule is C1=CCC(c2cc(-c3ccccc3)nc(-c3cc4c5ccccc5oc4c4c5ccc6ccccc6c5n(-c5ccccc5)c34)n2)C=C1. The van der Waals surface area contributed by atoms with Crippen LogP contribution in [0.25, 0.3) is 82.8 Å². The Hall–Kier alpha value is -6.26. The Kier molecular flexibility index (Phi) is 5.97. The average Bonchev–Trinajstić information content (AvgIpc) is 3.72. The molecule has 1 aliphatic rings. The molecule has 4 heteroatoms. The van der Waals surface area contributed by atoms with Gasteiger partial charge in [-0.1, -0.05) is 127 Å². The molecule has 48 heavy (non-hydrogen) atoms. The number of hydrogen-bond donors (Lipinski definition) is 0. The zero-order valence-corrected chi connectivity index (χ0v) is 26.0. The minimum Gasteiger partial charge on any atom is -0.455 e. The molecule has 6 aromatic carbocycles. The van der Waals surface area contributed by atoms with E-state index in [2.05, 4.69) is 150 Å². The van der Waals surface area contributed by atoms with Gasteiger partial charge in [0.25, 0.3) is 0 Å². The standard InChI is InChI=1S/C44H29N3O/c1-4-15-29(16-5-1)37-27-38(30-17-6-2-7-18-30)46-44(45-37)36-26-35-33-22-12-13-23-39(33)48-43(35)40-34-25-24-28-14-10-11-21-32(28)41(34)47(42(36)40)31-19-8-3-9-20-31/h1-17,19-27,30H,18H2. The van der Waals surface area contributed by atoms with Crippen molar-refractivity contribution in [1.82, 2.24) is 14.5 Å². The lowest BCUT2D eigenvalue weighted by Crippen LogP contribution is -2.05. The van der Waals surface area contributed by atoms with E-state index in [1.165, 1.54) is 10.8 Å². The Balaban J connectivity index is 1.42. The van der Waals surface area contributed by atoms with Crippen molar-refractivity contribution in [2.24, 2.45) is 0 Å². The number of benzene rings is 6. The highest BCUT2D eigenvalue weighted by Gasteiger charge is 2.26. The molecule has 0 N–H and O–H groups in total. The van der Waals surface area contributed by atoms with Crippen LogP contribution in [0.3, 0.4) is 0 Å². The van der Waals surface area contributed by atoms with Crippen LogP contribution in [0.4, 0.5) is 0 Å². The predicted molar refractivity (Wildman–Crippen MR) is 198 cm³/mol. The van der Waals surface area contributed by atoms with Gasteiger partial charge in [0.2, 0.25) is 0 Å². The summed E-state index contributed by atoms with van der Waals surface area (Å²) in [5.74, 6) is 0.868. The highest BCUT2D eigenvalue weighted by atomic mass is 16.3. The number of furan rings is 1. The Labute approximate surface area is 276 Å². The molecule has 3 aromatic heterocycles. The summed E-state index contributed by atoms with van der Waals surface area (Å²) in [7, 11) is 0. The Morgan fingerprint density at radius 1 is 0.625 bits per heavy atom. The second-order valence-corrected chi connectivity index (χ2v) is 12.5. The quantitative estimate of drug-likeness (QED) is 0.198. The lowest BCUT2D eigenvalue weighted by molar-refractivity contribution is 0.673. The predicted octanol–water partition coefficient (Wildman–Crippen LogP) is 11.6. The van der Waals surface area contributed by atoms with Gasteiger partial charge < -0.3 is 8.98 Å². The fraction of sp³-hybridized carbons (Fsp3) is 0.0455. The third-order valence-corrected chi connectivity index (χ3v) is 9.69. The summed E-state index contributed by atoms with van der Waals surface area (Å²) in [6, 6.07) is 46.9. The van der Waals surface area contributed by atoms with Crippen LogP contribution in [0, 0.1) is 0 Å². The van der Waals surface area contributed by atoms with E-state index in [1.807, 2.05) is 12.1 Å². The van der Waals surface area contributed by atoms with Crippen molar-refractivity contribution in [1.29, 1.82) is 0 Å². The summed E-state index contributed by atoms with van der Waals surface area (Å²) in [4.78, 5) is 10.8. The van der Waals surface area contributed by atoms with E-state index >= 15 is 0 Å². The zero-order valence-electron chi connectivity index (χ0n) is 26.0. The third kappa shape index (κ3) is 4.09. The van der Waals surface area contributed by atoms with E-state index in [-0.39, 0.29) is 5.92 Å². The Bertz CT molecular complexity index is 2750. The number of fused-ring (bicyclic) bond motifs is 9. The van der Waals surface area contributed by atoms with Crippen molar-refractivity contribution in [2.75, 3.05) is 0 Å². The molecule has 1 atom stereocenters. The van der Waals surface area contributed by atoms with Crippen LogP contribution in [-0.4, -0.2) is 14.5 Å². The molecule has 0 bridgehead atoms. The molecule has 0 radical (unpaired) electrons. The number of allylic oxidation sites excluding steroid dienone is 4. The second kappa shape index (κ2) is 10.6. The molecule has 0 amide bonds. The van der Waals surface area contributed by atoms with E-state index in [9.17, 15) is 0 Å². The van der Waals surface area contributed by atoms with E-state index in [4.69, 9.17) is 14.4 Å². The fourth-order valence-corrected chi connectivity index (χ4v) is 7.48. The van der Waals surface area contributed by atoms with Crippen molar-refractivity contribution < 1.29 is 4.42 Å². The Morgan fingerprint density at radius 2 is 1.40 bits per heavy atom. The molecule has 0 spiro atoms. The maximum atomic E-state index is 6.77. The van der Waals surface area contributed by atoms with Gasteiger partial charge in [0.15, 0.2) is 5.82 Å². The largest absolute Gasteiger partial charge is 0.455 e. The lowest BCUT2D eigenvalue weighted by atomic mass is 9.95. The van der Waals surface area contributed by atoms with Crippen molar-refractivity contribution in [3.63, 3.8) is 0 Å². The van der Waals surface area contributed by atoms with Gasteiger partial charge in [0, 0.05) is 44.3 Å². The molecule has 10 rings (SSSR count). The molecule has 9 aromatic rings. The fourth-order valence-electron chi connectivity index (χ4n) is 7.48. The molecular formula is C44H29N3O. The molecule has 1 aliphatic carbocycles. The molecule has 1 unspecified atom stereocenters. The minimum absolute atomic E-state index is 0.164. The summed E-state index contributed by atoms with van der Waals surface area (Å²) in [5, 5.41) is 6.72. The van der Waals surface area contributed by atoms with Crippen molar-refractivity contribution in [2.45, 2.75) is 12.3 Å².